The number of fused-ring (bicyclic) bond motifs is 2. The number of hydrogen-bond acceptors (Lipinski definition) is 3. The molecule has 2 N–H and O–H groups in total. The fraction of sp³-hybridized carbons (Fsp3) is 0.935. The first-order chi connectivity index (χ1) is 15.8. The van der Waals surface area contributed by atoms with Gasteiger partial charge < -0.3 is 14.9 Å². The number of allylic oxidation sites excluding steroid dienone is 2. The standard InChI is InChI=1S/C31H52O3/c1-18(2)19(3)17-24-20(4)21-11-15-30(7)23-9-10-25-28(5,22(23)12-16-29(21,30)6)14-13-26(32)31(25,8)27(33)34-24/h18-21,24-27,32-33H,9-17H2,1-8H3/t19-,20+,21-,24+,25-,26+,27?,28-,29-,30+,31+/m1/s1. The molecule has 0 amide bonds. The van der Waals surface area contributed by atoms with Crippen molar-refractivity contribution in [1.29, 1.82) is 0 Å². The lowest BCUT2D eigenvalue weighted by molar-refractivity contribution is -0.277. The van der Waals surface area contributed by atoms with Gasteiger partial charge in [-0.1, -0.05) is 66.5 Å². The van der Waals surface area contributed by atoms with E-state index in [9.17, 15) is 10.2 Å². The summed E-state index contributed by atoms with van der Waals surface area (Å²) in [6, 6.07) is 0. The SMILES string of the molecule is CC(C)[C@H](C)C[C@@H]1OC(O)[C@]2(C)[C@@H](O)CC[C@]3(C)C4=C(CC[C@@H]23)[C@]2(C)CC[C@H]([C@@H]1C)[C@@]2(C)CC4. The summed E-state index contributed by atoms with van der Waals surface area (Å²) in [7, 11) is 0. The van der Waals surface area contributed by atoms with Crippen molar-refractivity contribution < 1.29 is 14.9 Å². The van der Waals surface area contributed by atoms with Crippen LogP contribution in [0.5, 0.6) is 0 Å². The van der Waals surface area contributed by atoms with Crippen LogP contribution >= 0.6 is 0 Å². The Labute approximate surface area is 209 Å². The van der Waals surface area contributed by atoms with Gasteiger partial charge in [0.25, 0.3) is 0 Å². The molecule has 4 aliphatic carbocycles. The highest BCUT2D eigenvalue weighted by Gasteiger charge is 2.66. The summed E-state index contributed by atoms with van der Waals surface area (Å²) in [4.78, 5) is 0. The van der Waals surface area contributed by atoms with Crippen LogP contribution in [0.15, 0.2) is 11.1 Å². The molecule has 0 spiro atoms. The molecule has 11 atom stereocenters. The van der Waals surface area contributed by atoms with Crippen LogP contribution in [-0.2, 0) is 4.74 Å². The molecule has 1 unspecified atom stereocenters. The fourth-order valence-electron chi connectivity index (χ4n) is 10.2. The van der Waals surface area contributed by atoms with Crippen LogP contribution in [0, 0.1) is 51.2 Å². The van der Waals surface area contributed by atoms with Crippen LogP contribution in [0.2, 0.25) is 0 Å². The molecule has 7 aliphatic rings. The molecule has 34 heavy (non-hydrogen) atoms. The fourth-order valence-corrected chi connectivity index (χ4v) is 10.2. The summed E-state index contributed by atoms with van der Waals surface area (Å²) in [5.41, 5.74) is 3.54. The van der Waals surface area contributed by atoms with E-state index in [4.69, 9.17) is 4.74 Å². The Morgan fingerprint density at radius 3 is 2.29 bits per heavy atom. The van der Waals surface area contributed by atoms with Crippen molar-refractivity contribution in [2.45, 2.75) is 132 Å². The number of aliphatic hydroxyl groups is 2. The topological polar surface area (TPSA) is 49.7 Å². The van der Waals surface area contributed by atoms with Crippen molar-refractivity contribution in [2.75, 3.05) is 0 Å². The van der Waals surface area contributed by atoms with Crippen LogP contribution in [0.4, 0.5) is 0 Å². The molecule has 3 nitrogen and oxygen atoms in total. The van der Waals surface area contributed by atoms with E-state index in [0.717, 1.165) is 32.1 Å². The van der Waals surface area contributed by atoms with Crippen LogP contribution in [0.1, 0.15) is 113 Å². The van der Waals surface area contributed by atoms with E-state index >= 15 is 0 Å². The first kappa shape index (κ1) is 25.3. The normalized spacial score (nSPS) is 53.7. The minimum absolute atomic E-state index is 0.0297. The first-order valence-corrected chi connectivity index (χ1v) is 14.5. The van der Waals surface area contributed by atoms with E-state index in [2.05, 4.69) is 55.4 Å². The third kappa shape index (κ3) is 3.11. The Balaban J connectivity index is 1.69. The maximum Gasteiger partial charge on any atom is 0.163 e. The summed E-state index contributed by atoms with van der Waals surface area (Å²) in [5.74, 6) is 2.42. The molecule has 2 saturated carbocycles. The molecular weight excluding hydrogens is 420 g/mol. The molecule has 3 heteroatoms. The molecule has 0 radical (unpaired) electrons. The smallest absolute Gasteiger partial charge is 0.163 e. The van der Waals surface area contributed by atoms with Gasteiger partial charge in [0.2, 0.25) is 0 Å². The maximum atomic E-state index is 11.9. The van der Waals surface area contributed by atoms with E-state index in [1.807, 2.05) is 0 Å². The van der Waals surface area contributed by atoms with Crippen molar-refractivity contribution in [2.24, 2.45) is 51.2 Å². The van der Waals surface area contributed by atoms with Gasteiger partial charge in [-0.05, 0) is 104 Å². The summed E-state index contributed by atoms with van der Waals surface area (Å²) in [6.45, 7) is 19.2. The van der Waals surface area contributed by atoms with Crippen LogP contribution < -0.4 is 0 Å². The molecule has 3 heterocycles. The molecule has 2 saturated heterocycles. The lowest BCUT2D eigenvalue weighted by atomic mass is 9.42. The van der Waals surface area contributed by atoms with Crippen LogP contribution in [0.25, 0.3) is 0 Å². The third-order valence-corrected chi connectivity index (χ3v) is 13.3. The van der Waals surface area contributed by atoms with E-state index in [1.54, 1.807) is 11.1 Å². The summed E-state index contributed by atoms with van der Waals surface area (Å²) >= 11 is 0. The van der Waals surface area contributed by atoms with Gasteiger partial charge in [-0.15, -0.1) is 0 Å². The third-order valence-electron chi connectivity index (χ3n) is 13.3. The minimum atomic E-state index is -0.917. The zero-order chi connectivity index (χ0) is 24.8. The van der Waals surface area contributed by atoms with Crippen molar-refractivity contribution in [1.82, 2.24) is 0 Å². The average molecular weight is 473 g/mol. The second kappa shape index (κ2) is 8.06. The summed E-state index contributed by atoms with van der Waals surface area (Å²) < 4.78 is 6.83. The molecule has 0 aromatic rings. The Morgan fingerprint density at radius 1 is 0.912 bits per heavy atom. The molecular formula is C31H52O3. The second-order valence-corrected chi connectivity index (χ2v) is 14.6. The van der Waals surface area contributed by atoms with Gasteiger partial charge in [0.05, 0.1) is 12.2 Å². The zero-order valence-corrected chi connectivity index (χ0v) is 23.3. The number of rotatable bonds is 3. The second-order valence-electron chi connectivity index (χ2n) is 14.6. The highest BCUT2D eigenvalue weighted by Crippen LogP contribution is 2.73. The van der Waals surface area contributed by atoms with Gasteiger partial charge in [0.1, 0.15) is 0 Å². The molecule has 0 aromatic carbocycles. The zero-order valence-electron chi connectivity index (χ0n) is 23.3. The van der Waals surface area contributed by atoms with Gasteiger partial charge in [-0.25, -0.2) is 0 Å². The van der Waals surface area contributed by atoms with Crippen molar-refractivity contribution in [3.63, 3.8) is 0 Å². The molecule has 3 aliphatic heterocycles. The highest BCUT2D eigenvalue weighted by atomic mass is 16.6. The van der Waals surface area contributed by atoms with Crippen molar-refractivity contribution >= 4 is 0 Å². The van der Waals surface area contributed by atoms with Gasteiger partial charge >= 0.3 is 0 Å². The monoisotopic (exact) mass is 472 g/mol. The maximum absolute atomic E-state index is 11.9. The largest absolute Gasteiger partial charge is 0.392 e. The average Bonchev–Trinajstić information content (AvgIpc) is 3.06. The van der Waals surface area contributed by atoms with Crippen LogP contribution in [-0.4, -0.2) is 28.7 Å². The Bertz CT molecular complexity index is 848. The van der Waals surface area contributed by atoms with E-state index in [0.29, 0.717) is 29.1 Å². The van der Waals surface area contributed by atoms with Crippen molar-refractivity contribution in [3.8, 4) is 0 Å². The Kier molecular flexibility index (Phi) is 5.99. The van der Waals surface area contributed by atoms with E-state index in [1.165, 1.54) is 25.7 Å². The van der Waals surface area contributed by atoms with Crippen LogP contribution in [0.3, 0.4) is 0 Å². The van der Waals surface area contributed by atoms with Gasteiger partial charge in [0.15, 0.2) is 6.29 Å². The molecule has 0 aromatic heterocycles. The first-order valence-electron chi connectivity index (χ1n) is 14.5. The van der Waals surface area contributed by atoms with Crippen molar-refractivity contribution in [3.05, 3.63) is 11.1 Å². The summed E-state index contributed by atoms with van der Waals surface area (Å²) in [5, 5.41) is 23.3. The van der Waals surface area contributed by atoms with Gasteiger partial charge in [-0.3, -0.25) is 0 Å². The Morgan fingerprint density at radius 2 is 1.62 bits per heavy atom. The lowest BCUT2D eigenvalue weighted by Gasteiger charge is -2.64. The van der Waals surface area contributed by atoms with Gasteiger partial charge in [-0.2, -0.15) is 0 Å². The number of hydrogen-bond donors (Lipinski definition) is 2. The number of ether oxygens (including phenoxy) is 1. The summed E-state index contributed by atoms with van der Waals surface area (Å²) in [6.07, 6.45) is 8.69. The predicted molar refractivity (Wildman–Crippen MR) is 138 cm³/mol. The van der Waals surface area contributed by atoms with Gasteiger partial charge in [0, 0.05) is 5.41 Å². The van der Waals surface area contributed by atoms with E-state index in [-0.39, 0.29) is 22.9 Å². The van der Waals surface area contributed by atoms with E-state index < -0.39 is 17.8 Å². The molecule has 4 fully saturated rings. The lowest BCUT2D eigenvalue weighted by Crippen LogP contribution is -2.61. The molecule has 194 valence electrons. The Hall–Kier alpha value is -0.380. The minimum Gasteiger partial charge on any atom is -0.392 e. The predicted octanol–water partition coefficient (Wildman–Crippen LogP) is 7.11. The molecule has 7 rings (SSSR count). The number of aliphatic hydroxyl groups excluding tert-OH is 2. The highest BCUT2D eigenvalue weighted by molar-refractivity contribution is 5.39. The molecule has 8 bridgehead atoms. The quantitative estimate of drug-likeness (QED) is 0.430.